The molecule has 1 heterocycles. The van der Waals surface area contributed by atoms with Gasteiger partial charge in [0.15, 0.2) is 5.75 Å². The van der Waals surface area contributed by atoms with Crippen molar-refractivity contribution in [3.8, 4) is 5.75 Å². The van der Waals surface area contributed by atoms with Crippen LogP contribution in [0.2, 0.25) is 0 Å². The zero-order chi connectivity index (χ0) is 9.97. The van der Waals surface area contributed by atoms with Crippen LogP contribution >= 0.6 is 15.9 Å². The number of pyridine rings is 1. The van der Waals surface area contributed by atoms with E-state index in [0.717, 1.165) is 21.3 Å². The van der Waals surface area contributed by atoms with Crippen LogP contribution in [0.25, 0.3) is 10.9 Å². The molecule has 0 aliphatic heterocycles. The van der Waals surface area contributed by atoms with Gasteiger partial charge < -0.3 is 4.74 Å². The Hall–Kier alpha value is -1.09. The van der Waals surface area contributed by atoms with Crippen LogP contribution in [-0.2, 0) is 0 Å². The summed E-state index contributed by atoms with van der Waals surface area (Å²) in [7, 11) is 0. The molecule has 0 spiro atoms. The van der Waals surface area contributed by atoms with Gasteiger partial charge in [-0.1, -0.05) is 18.2 Å². The summed E-state index contributed by atoms with van der Waals surface area (Å²) in [5.41, 5.74) is 0.975. The first-order valence-corrected chi connectivity index (χ1v) is 5.28. The van der Waals surface area contributed by atoms with Crippen LogP contribution in [0.4, 0.5) is 0 Å². The highest BCUT2D eigenvalue weighted by Gasteiger charge is 2.03. The van der Waals surface area contributed by atoms with Crippen molar-refractivity contribution in [2.45, 2.75) is 6.92 Å². The summed E-state index contributed by atoms with van der Waals surface area (Å²) >= 11 is 3.38. The van der Waals surface area contributed by atoms with E-state index in [1.165, 1.54) is 0 Å². The van der Waals surface area contributed by atoms with Crippen molar-refractivity contribution in [3.05, 3.63) is 34.9 Å². The predicted molar refractivity (Wildman–Crippen MR) is 60.6 cm³/mol. The summed E-state index contributed by atoms with van der Waals surface area (Å²) in [6, 6.07) is 9.97. The topological polar surface area (TPSA) is 22.1 Å². The number of hydrogen-bond donors (Lipinski definition) is 0. The molecule has 3 heteroatoms. The van der Waals surface area contributed by atoms with Crippen LogP contribution < -0.4 is 4.74 Å². The molecule has 0 aliphatic carbocycles. The smallest absolute Gasteiger partial charge is 0.152 e. The predicted octanol–water partition coefficient (Wildman–Crippen LogP) is 3.40. The second-order valence-electron chi connectivity index (χ2n) is 2.90. The van der Waals surface area contributed by atoms with Gasteiger partial charge >= 0.3 is 0 Å². The Kier molecular flexibility index (Phi) is 2.68. The molecule has 72 valence electrons. The fourth-order valence-corrected chi connectivity index (χ4v) is 1.75. The quantitative estimate of drug-likeness (QED) is 0.764. The van der Waals surface area contributed by atoms with Gasteiger partial charge in [0.05, 0.1) is 12.1 Å². The number of ether oxygens (including phenoxy) is 1. The van der Waals surface area contributed by atoms with E-state index in [0.29, 0.717) is 6.61 Å². The van der Waals surface area contributed by atoms with Gasteiger partial charge in [0.1, 0.15) is 4.60 Å². The van der Waals surface area contributed by atoms with E-state index in [2.05, 4.69) is 20.9 Å². The Morgan fingerprint density at radius 2 is 2.14 bits per heavy atom. The van der Waals surface area contributed by atoms with E-state index in [4.69, 9.17) is 4.74 Å². The molecule has 2 rings (SSSR count). The standard InChI is InChI=1S/C11H10BrNO/c1-2-14-10-7-8-5-3-4-6-9(8)13-11(10)12/h3-7H,2H2,1H3. The van der Waals surface area contributed by atoms with Crippen molar-refractivity contribution in [3.63, 3.8) is 0 Å². The first-order chi connectivity index (χ1) is 6.81. The molecular formula is C11H10BrNO. The maximum atomic E-state index is 5.44. The van der Waals surface area contributed by atoms with Gasteiger partial charge in [-0.05, 0) is 35.0 Å². The lowest BCUT2D eigenvalue weighted by Crippen LogP contribution is -1.94. The zero-order valence-electron chi connectivity index (χ0n) is 7.83. The average molecular weight is 252 g/mol. The zero-order valence-corrected chi connectivity index (χ0v) is 9.41. The molecule has 0 amide bonds. The maximum Gasteiger partial charge on any atom is 0.152 e. The second-order valence-corrected chi connectivity index (χ2v) is 3.65. The van der Waals surface area contributed by atoms with Gasteiger partial charge in [-0.2, -0.15) is 0 Å². The molecule has 0 saturated heterocycles. The fourth-order valence-electron chi connectivity index (χ4n) is 1.33. The van der Waals surface area contributed by atoms with Crippen LogP contribution in [0.3, 0.4) is 0 Å². The summed E-state index contributed by atoms with van der Waals surface area (Å²) in [5, 5.41) is 1.10. The summed E-state index contributed by atoms with van der Waals surface area (Å²) < 4.78 is 6.20. The van der Waals surface area contributed by atoms with Gasteiger partial charge in [-0.15, -0.1) is 0 Å². The van der Waals surface area contributed by atoms with Crippen molar-refractivity contribution >= 4 is 26.8 Å². The number of benzene rings is 1. The third-order valence-electron chi connectivity index (χ3n) is 1.95. The van der Waals surface area contributed by atoms with E-state index >= 15 is 0 Å². The van der Waals surface area contributed by atoms with Crippen LogP contribution in [-0.4, -0.2) is 11.6 Å². The van der Waals surface area contributed by atoms with Crippen molar-refractivity contribution in [1.82, 2.24) is 4.98 Å². The summed E-state index contributed by atoms with van der Waals surface area (Å²) in [5.74, 6) is 0.797. The number of fused-ring (bicyclic) bond motifs is 1. The molecule has 14 heavy (non-hydrogen) atoms. The average Bonchev–Trinajstić information content (AvgIpc) is 2.19. The lowest BCUT2D eigenvalue weighted by molar-refractivity contribution is 0.337. The third-order valence-corrected chi connectivity index (χ3v) is 2.51. The molecule has 0 radical (unpaired) electrons. The maximum absolute atomic E-state index is 5.44. The summed E-state index contributed by atoms with van der Waals surface area (Å²) in [6.07, 6.45) is 0. The number of hydrogen-bond acceptors (Lipinski definition) is 2. The second kappa shape index (κ2) is 3.96. The van der Waals surface area contributed by atoms with E-state index in [-0.39, 0.29) is 0 Å². The highest BCUT2D eigenvalue weighted by atomic mass is 79.9. The summed E-state index contributed by atoms with van der Waals surface area (Å²) in [6.45, 7) is 2.61. The van der Waals surface area contributed by atoms with Gasteiger partial charge in [0.25, 0.3) is 0 Å². The van der Waals surface area contributed by atoms with E-state index in [9.17, 15) is 0 Å². The number of aromatic nitrogens is 1. The van der Waals surface area contributed by atoms with Crippen LogP contribution in [0, 0.1) is 0 Å². The SMILES string of the molecule is CCOc1cc2ccccc2nc1Br. The first-order valence-electron chi connectivity index (χ1n) is 4.49. The van der Waals surface area contributed by atoms with Crippen molar-refractivity contribution in [2.24, 2.45) is 0 Å². The molecule has 0 unspecified atom stereocenters. The van der Waals surface area contributed by atoms with E-state index in [1.807, 2.05) is 37.3 Å². The van der Waals surface area contributed by atoms with Crippen molar-refractivity contribution in [1.29, 1.82) is 0 Å². The molecule has 1 aromatic carbocycles. The number of halogens is 1. The normalized spacial score (nSPS) is 10.4. The minimum atomic E-state index is 0.651. The molecule has 2 aromatic rings. The third kappa shape index (κ3) is 1.73. The molecule has 0 atom stereocenters. The Labute approximate surface area is 91.0 Å². The van der Waals surface area contributed by atoms with Crippen molar-refractivity contribution in [2.75, 3.05) is 6.61 Å². The fraction of sp³-hybridized carbons (Fsp3) is 0.182. The molecular weight excluding hydrogens is 242 g/mol. The Morgan fingerprint density at radius 3 is 2.93 bits per heavy atom. The molecule has 0 bridgehead atoms. The van der Waals surface area contributed by atoms with Crippen LogP contribution in [0.5, 0.6) is 5.75 Å². The van der Waals surface area contributed by atoms with Crippen molar-refractivity contribution < 1.29 is 4.74 Å². The van der Waals surface area contributed by atoms with E-state index < -0.39 is 0 Å². The molecule has 0 fully saturated rings. The minimum Gasteiger partial charge on any atom is -0.491 e. The highest BCUT2D eigenvalue weighted by molar-refractivity contribution is 9.10. The number of rotatable bonds is 2. The van der Waals surface area contributed by atoms with Gasteiger partial charge in [-0.3, -0.25) is 0 Å². The molecule has 0 saturated carbocycles. The lowest BCUT2D eigenvalue weighted by Gasteiger charge is -2.06. The number of para-hydroxylation sites is 1. The molecule has 0 N–H and O–H groups in total. The van der Waals surface area contributed by atoms with Crippen LogP contribution in [0.1, 0.15) is 6.92 Å². The lowest BCUT2D eigenvalue weighted by atomic mass is 10.2. The van der Waals surface area contributed by atoms with Gasteiger partial charge in [0, 0.05) is 5.39 Å². The number of nitrogens with zero attached hydrogens (tertiary/aromatic N) is 1. The molecule has 2 nitrogen and oxygen atoms in total. The Balaban J connectivity index is 2.59. The first kappa shape index (κ1) is 9.46. The van der Waals surface area contributed by atoms with Gasteiger partial charge in [-0.25, -0.2) is 4.98 Å². The Morgan fingerprint density at radius 1 is 1.36 bits per heavy atom. The monoisotopic (exact) mass is 251 g/mol. The van der Waals surface area contributed by atoms with Gasteiger partial charge in [0.2, 0.25) is 0 Å². The minimum absolute atomic E-state index is 0.651. The highest BCUT2D eigenvalue weighted by Crippen LogP contribution is 2.26. The molecule has 1 aromatic heterocycles. The van der Waals surface area contributed by atoms with E-state index in [1.54, 1.807) is 0 Å². The largest absolute Gasteiger partial charge is 0.491 e. The summed E-state index contributed by atoms with van der Waals surface area (Å²) in [4.78, 5) is 4.39. The molecule has 0 aliphatic rings. The Bertz CT molecular complexity index is 456. The van der Waals surface area contributed by atoms with Crippen LogP contribution in [0.15, 0.2) is 34.9 Å².